The summed E-state index contributed by atoms with van der Waals surface area (Å²) in [6.07, 6.45) is 6.81. The molecule has 7 heteroatoms. The molecular formula is C16H13N5O2. The minimum atomic E-state index is -0.0785. The first kappa shape index (κ1) is 13.3. The second-order valence-corrected chi connectivity index (χ2v) is 4.99. The van der Waals surface area contributed by atoms with Crippen molar-refractivity contribution in [2.45, 2.75) is 6.54 Å². The Hall–Kier alpha value is -3.35. The third kappa shape index (κ3) is 2.59. The van der Waals surface area contributed by atoms with Gasteiger partial charge in [0.05, 0.1) is 12.8 Å². The van der Waals surface area contributed by atoms with E-state index in [1.165, 1.54) is 0 Å². The molecule has 0 unspecified atom stereocenters. The topological polar surface area (TPSA) is 99.3 Å². The lowest BCUT2D eigenvalue weighted by molar-refractivity contribution is 0.455. The van der Waals surface area contributed by atoms with Crippen molar-refractivity contribution in [3.05, 3.63) is 53.7 Å². The van der Waals surface area contributed by atoms with Crippen LogP contribution in [-0.4, -0.2) is 26.3 Å². The lowest BCUT2D eigenvalue weighted by Crippen LogP contribution is -1.99. The Kier molecular flexibility index (Phi) is 3.16. The van der Waals surface area contributed by atoms with Crippen molar-refractivity contribution in [3.8, 4) is 5.88 Å². The zero-order valence-corrected chi connectivity index (χ0v) is 12.0. The summed E-state index contributed by atoms with van der Waals surface area (Å²) in [5.41, 5.74) is 2.29. The lowest BCUT2D eigenvalue weighted by atomic mass is 10.1. The number of aromatic nitrogens is 3. The van der Waals surface area contributed by atoms with E-state index < -0.39 is 0 Å². The van der Waals surface area contributed by atoms with E-state index in [9.17, 15) is 5.11 Å². The number of fused-ring (bicyclic) bond motifs is 1. The molecular weight excluding hydrogens is 294 g/mol. The van der Waals surface area contributed by atoms with Gasteiger partial charge in [0, 0.05) is 23.5 Å². The zero-order chi connectivity index (χ0) is 15.6. The molecule has 1 aliphatic heterocycles. The van der Waals surface area contributed by atoms with Gasteiger partial charge in [0.15, 0.2) is 5.82 Å². The highest BCUT2D eigenvalue weighted by Crippen LogP contribution is 2.31. The lowest BCUT2D eigenvalue weighted by Gasteiger charge is -1.99. The smallest absolute Gasteiger partial charge is 0.238 e. The number of imidazole rings is 1. The van der Waals surface area contributed by atoms with Crippen LogP contribution in [0.3, 0.4) is 0 Å². The van der Waals surface area contributed by atoms with Crippen molar-refractivity contribution in [2.75, 3.05) is 5.32 Å². The monoisotopic (exact) mass is 307 g/mol. The predicted octanol–water partition coefficient (Wildman–Crippen LogP) is 2.97. The first-order chi connectivity index (χ1) is 11.3. The number of nitrogens with zero attached hydrogens (tertiary/aromatic N) is 3. The standard InChI is InChI=1S/C16H13N5O2/c22-15-13(7-10-8-18-14-12(10)4-1-5-17-14)20-16(21-15)19-9-11-3-2-6-23-11/h1-8,22H,9H2,(H2,19,20,21)/b10-7+. The Morgan fingerprint density at radius 3 is 3.13 bits per heavy atom. The predicted molar refractivity (Wildman–Crippen MR) is 86.5 cm³/mol. The first-order valence-corrected chi connectivity index (χ1v) is 7.06. The molecule has 1 aliphatic rings. The van der Waals surface area contributed by atoms with Crippen molar-refractivity contribution in [1.29, 1.82) is 0 Å². The number of anilines is 1. The molecule has 0 bridgehead atoms. The van der Waals surface area contributed by atoms with Crippen LogP contribution in [0, 0.1) is 0 Å². The maximum absolute atomic E-state index is 9.99. The fraction of sp³-hybridized carbons (Fsp3) is 0.0625. The highest BCUT2D eigenvalue weighted by atomic mass is 16.3. The number of furan rings is 1. The van der Waals surface area contributed by atoms with Gasteiger partial charge < -0.3 is 19.8 Å². The Balaban J connectivity index is 1.56. The molecule has 23 heavy (non-hydrogen) atoms. The van der Waals surface area contributed by atoms with E-state index in [2.05, 4.69) is 25.3 Å². The molecule has 7 nitrogen and oxygen atoms in total. The number of pyridine rings is 1. The van der Waals surface area contributed by atoms with Crippen molar-refractivity contribution in [3.63, 3.8) is 0 Å². The largest absolute Gasteiger partial charge is 0.492 e. The summed E-state index contributed by atoms with van der Waals surface area (Å²) in [5.74, 6) is 1.84. The van der Waals surface area contributed by atoms with Crippen LogP contribution >= 0.6 is 0 Å². The molecule has 4 heterocycles. The second kappa shape index (κ2) is 5.45. The molecule has 114 valence electrons. The van der Waals surface area contributed by atoms with Crippen LogP contribution in [0.4, 0.5) is 11.8 Å². The quantitative estimate of drug-likeness (QED) is 0.688. The van der Waals surface area contributed by atoms with Gasteiger partial charge in [-0.25, -0.2) is 9.98 Å². The van der Waals surface area contributed by atoms with E-state index in [-0.39, 0.29) is 5.88 Å². The van der Waals surface area contributed by atoms with Crippen LogP contribution in [0.1, 0.15) is 17.0 Å². The molecule has 0 saturated carbocycles. The average molecular weight is 307 g/mol. The molecule has 3 aromatic heterocycles. The molecule has 0 amide bonds. The Morgan fingerprint density at radius 2 is 2.26 bits per heavy atom. The van der Waals surface area contributed by atoms with Crippen LogP contribution in [0.15, 0.2) is 46.1 Å². The number of aromatic hydroxyl groups is 1. The summed E-state index contributed by atoms with van der Waals surface area (Å²) in [5, 5.41) is 13.0. The molecule has 4 rings (SSSR count). The fourth-order valence-corrected chi connectivity index (χ4v) is 2.34. The summed E-state index contributed by atoms with van der Waals surface area (Å²) >= 11 is 0. The summed E-state index contributed by atoms with van der Waals surface area (Å²) in [7, 11) is 0. The Morgan fingerprint density at radius 1 is 1.30 bits per heavy atom. The third-order valence-corrected chi connectivity index (χ3v) is 3.45. The van der Waals surface area contributed by atoms with Crippen molar-refractivity contribution in [1.82, 2.24) is 15.0 Å². The normalized spacial score (nSPS) is 14.3. The summed E-state index contributed by atoms with van der Waals surface area (Å²) in [6.45, 7) is 0.476. The van der Waals surface area contributed by atoms with Crippen molar-refractivity contribution >= 4 is 29.6 Å². The van der Waals surface area contributed by atoms with Crippen molar-refractivity contribution in [2.24, 2.45) is 4.99 Å². The van der Waals surface area contributed by atoms with Crippen LogP contribution in [0.25, 0.3) is 11.6 Å². The van der Waals surface area contributed by atoms with E-state index in [1.54, 1.807) is 24.8 Å². The van der Waals surface area contributed by atoms with E-state index in [1.807, 2.05) is 24.3 Å². The highest BCUT2D eigenvalue weighted by Gasteiger charge is 2.15. The van der Waals surface area contributed by atoms with Crippen molar-refractivity contribution < 1.29 is 9.52 Å². The molecule has 0 radical (unpaired) electrons. The van der Waals surface area contributed by atoms with Crippen LogP contribution in [0.5, 0.6) is 5.88 Å². The van der Waals surface area contributed by atoms with Gasteiger partial charge in [0.2, 0.25) is 11.8 Å². The summed E-state index contributed by atoms with van der Waals surface area (Å²) < 4.78 is 5.24. The molecule has 0 aliphatic carbocycles. The Labute approximate surface area is 131 Å². The molecule has 0 atom stereocenters. The molecule has 0 saturated heterocycles. The average Bonchev–Trinajstić information content (AvgIpc) is 3.28. The number of H-pyrrole nitrogens is 1. The fourth-order valence-electron chi connectivity index (χ4n) is 2.34. The zero-order valence-electron chi connectivity index (χ0n) is 12.0. The van der Waals surface area contributed by atoms with Gasteiger partial charge in [-0.1, -0.05) is 0 Å². The van der Waals surface area contributed by atoms with Gasteiger partial charge in [0.25, 0.3) is 0 Å². The van der Waals surface area contributed by atoms with Crippen LogP contribution in [0.2, 0.25) is 0 Å². The molecule has 3 N–H and O–H groups in total. The van der Waals surface area contributed by atoms with Crippen LogP contribution < -0.4 is 5.32 Å². The minimum Gasteiger partial charge on any atom is -0.492 e. The first-order valence-electron chi connectivity index (χ1n) is 7.06. The SMILES string of the molecule is Oc1nc(NCc2ccco2)[nH]c1/C=C1\C=Nc2ncccc21. The van der Waals surface area contributed by atoms with E-state index >= 15 is 0 Å². The van der Waals surface area contributed by atoms with Gasteiger partial charge in [-0.3, -0.25) is 0 Å². The number of hydrogen-bond donors (Lipinski definition) is 3. The third-order valence-electron chi connectivity index (χ3n) is 3.45. The number of rotatable bonds is 4. The summed E-state index contributed by atoms with van der Waals surface area (Å²) in [6, 6.07) is 7.46. The van der Waals surface area contributed by atoms with E-state index in [4.69, 9.17) is 4.42 Å². The van der Waals surface area contributed by atoms with E-state index in [0.29, 0.717) is 24.0 Å². The highest BCUT2D eigenvalue weighted by molar-refractivity contribution is 6.20. The minimum absolute atomic E-state index is 0.0785. The number of nitrogens with one attached hydrogen (secondary N) is 2. The molecule has 0 fully saturated rings. The number of aliphatic imine (C=N–C) groups is 1. The number of aromatic amines is 1. The molecule has 3 aromatic rings. The molecule has 0 aromatic carbocycles. The molecule has 0 spiro atoms. The number of hydrogen-bond acceptors (Lipinski definition) is 6. The van der Waals surface area contributed by atoms with Gasteiger partial charge in [0.1, 0.15) is 11.5 Å². The summed E-state index contributed by atoms with van der Waals surface area (Å²) in [4.78, 5) is 15.5. The van der Waals surface area contributed by atoms with E-state index in [0.717, 1.165) is 16.9 Å². The van der Waals surface area contributed by atoms with Gasteiger partial charge >= 0.3 is 0 Å². The second-order valence-electron chi connectivity index (χ2n) is 4.99. The number of allylic oxidation sites excluding steroid dienone is 1. The van der Waals surface area contributed by atoms with Gasteiger partial charge in [-0.05, 0) is 30.3 Å². The Bertz CT molecular complexity index is 893. The maximum atomic E-state index is 9.99. The van der Waals surface area contributed by atoms with Gasteiger partial charge in [-0.2, -0.15) is 4.98 Å². The van der Waals surface area contributed by atoms with Crippen LogP contribution in [-0.2, 0) is 6.54 Å². The maximum Gasteiger partial charge on any atom is 0.238 e. The van der Waals surface area contributed by atoms with Gasteiger partial charge in [-0.15, -0.1) is 0 Å².